The van der Waals surface area contributed by atoms with Crippen LogP contribution < -0.4 is 11.1 Å². The highest BCUT2D eigenvalue weighted by molar-refractivity contribution is 6.32. The third-order valence-corrected chi connectivity index (χ3v) is 8.77. The van der Waals surface area contributed by atoms with E-state index in [1.807, 2.05) is 19.9 Å². The van der Waals surface area contributed by atoms with E-state index in [-0.39, 0.29) is 35.5 Å². The van der Waals surface area contributed by atoms with Crippen LogP contribution in [0.3, 0.4) is 0 Å². The largest absolute Gasteiger partial charge is 0.507 e. The monoisotopic (exact) mass is 555 g/mol. The van der Waals surface area contributed by atoms with Gasteiger partial charge in [-0.1, -0.05) is 40.7 Å². The number of primary amides is 1. The summed E-state index contributed by atoms with van der Waals surface area (Å²) in [6.45, 7) is 11.2. The Bertz CT molecular complexity index is 1290. The Morgan fingerprint density at radius 3 is 2.33 bits per heavy atom. The Labute approximate surface area is 234 Å². The number of carbonyl (C=O) groups is 5. The van der Waals surface area contributed by atoms with Crippen molar-refractivity contribution in [2.75, 3.05) is 20.6 Å². The molecule has 2 unspecified atom stereocenters. The Morgan fingerprint density at radius 1 is 1.18 bits per heavy atom. The van der Waals surface area contributed by atoms with Crippen molar-refractivity contribution in [3.05, 3.63) is 28.3 Å². The molecule has 0 heterocycles. The minimum absolute atomic E-state index is 0.00461. The molecule has 10 heteroatoms. The summed E-state index contributed by atoms with van der Waals surface area (Å²) in [6, 6.07) is 0.785. The van der Waals surface area contributed by atoms with Crippen LogP contribution >= 0.6 is 0 Å². The molecule has 0 spiro atoms. The van der Waals surface area contributed by atoms with E-state index >= 15 is 0 Å². The standard InChI is InChI=1S/C30H41N3O7/c1-13(2)16-9-15(11-32-12-29(3,4)5)23(34)20-17(16)8-14-10-18-22(33(6)7)25(36)21(28(31)39)27(38)30(18,40)26(37)19(14)24(20)35/h9,13-14,18-19,21-22,32,34,40H,8,10-12H2,1-7H3,(H2,31,39)/t14-,18-,19?,21?,22-,30-/m0/s1. The van der Waals surface area contributed by atoms with Gasteiger partial charge in [-0.2, -0.15) is 0 Å². The molecule has 1 amide bonds. The molecule has 10 nitrogen and oxygen atoms in total. The van der Waals surface area contributed by atoms with Crippen molar-refractivity contribution in [1.82, 2.24) is 10.2 Å². The molecule has 4 rings (SSSR count). The lowest BCUT2D eigenvalue weighted by Crippen LogP contribution is -2.74. The lowest BCUT2D eigenvalue weighted by Gasteiger charge is -2.52. The van der Waals surface area contributed by atoms with E-state index in [1.165, 1.54) is 4.90 Å². The van der Waals surface area contributed by atoms with Crippen LogP contribution in [0.5, 0.6) is 5.75 Å². The number of ketones is 4. The number of nitrogens with two attached hydrogens (primary N) is 1. The van der Waals surface area contributed by atoms with E-state index < -0.39 is 64.4 Å². The van der Waals surface area contributed by atoms with Crippen molar-refractivity contribution in [1.29, 1.82) is 0 Å². The molecule has 218 valence electrons. The van der Waals surface area contributed by atoms with Gasteiger partial charge in [-0.3, -0.25) is 28.9 Å². The van der Waals surface area contributed by atoms with Gasteiger partial charge >= 0.3 is 0 Å². The molecular formula is C30H41N3O7. The fourth-order valence-corrected chi connectivity index (χ4v) is 6.98. The molecule has 0 radical (unpaired) electrons. The Morgan fingerprint density at radius 2 is 1.80 bits per heavy atom. The van der Waals surface area contributed by atoms with Gasteiger partial charge in [0.2, 0.25) is 5.91 Å². The summed E-state index contributed by atoms with van der Waals surface area (Å²) in [5.41, 5.74) is 4.76. The lowest BCUT2D eigenvalue weighted by atomic mass is 9.52. The number of fused-ring (bicyclic) bond motifs is 3. The summed E-state index contributed by atoms with van der Waals surface area (Å²) in [7, 11) is 3.14. The van der Waals surface area contributed by atoms with Crippen molar-refractivity contribution in [3.8, 4) is 5.75 Å². The highest BCUT2D eigenvalue weighted by atomic mass is 16.3. The molecule has 0 aliphatic heterocycles. The highest BCUT2D eigenvalue weighted by Gasteiger charge is 2.69. The van der Waals surface area contributed by atoms with Gasteiger partial charge in [-0.05, 0) is 55.3 Å². The maximum absolute atomic E-state index is 14.1. The Kier molecular flexibility index (Phi) is 7.62. The predicted molar refractivity (Wildman–Crippen MR) is 147 cm³/mol. The van der Waals surface area contributed by atoms with Gasteiger partial charge in [0.1, 0.15) is 5.75 Å². The molecule has 5 N–H and O–H groups in total. The Balaban J connectivity index is 1.83. The molecule has 1 aromatic carbocycles. The van der Waals surface area contributed by atoms with Crippen LogP contribution in [0.15, 0.2) is 6.07 Å². The first-order chi connectivity index (χ1) is 18.4. The Hall–Kier alpha value is -2.95. The molecular weight excluding hydrogens is 514 g/mol. The van der Waals surface area contributed by atoms with Crippen molar-refractivity contribution >= 4 is 29.0 Å². The summed E-state index contributed by atoms with van der Waals surface area (Å²) in [5.74, 6) is -10.2. The van der Waals surface area contributed by atoms with Gasteiger partial charge in [0.05, 0.1) is 17.5 Å². The number of benzene rings is 1. The van der Waals surface area contributed by atoms with Crippen LogP contribution in [0.25, 0.3) is 0 Å². The van der Waals surface area contributed by atoms with E-state index in [0.29, 0.717) is 24.2 Å². The molecule has 2 saturated carbocycles. The zero-order chi connectivity index (χ0) is 30.1. The summed E-state index contributed by atoms with van der Waals surface area (Å²) in [5, 5.41) is 26.4. The van der Waals surface area contributed by atoms with Crippen LogP contribution in [0.4, 0.5) is 0 Å². The maximum atomic E-state index is 14.1. The number of nitrogens with one attached hydrogen (secondary N) is 1. The molecule has 2 fully saturated rings. The van der Waals surface area contributed by atoms with Crippen molar-refractivity contribution in [2.45, 2.75) is 71.6 Å². The average Bonchev–Trinajstić information content (AvgIpc) is 2.81. The van der Waals surface area contributed by atoms with Crippen molar-refractivity contribution < 1.29 is 34.2 Å². The number of phenolic OH excluding ortho intramolecular Hbond substituents is 1. The van der Waals surface area contributed by atoms with E-state index in [4.69, 9.17) is 5.73 Å². The van der Waals surface area contributed by atoms with Gasteiger partial charge in [0.15, 0.2) is 34.7 Å². The van der Waals surface area contributed by atoms with E-state index in [1.54, 1.807) is 14.1 Å². The number of Topliss-reactive ketones (excluding diaryl/α,β-unsaturated/α-hetero) is 4. The van der Waals surface area contributed by atoms with Crippen LogP contribution in [0, 0.1) is 29.1 Å². The lowest BCUT2D eigenvalue weighted by molar-refractivity contribution is -0.181. The smallest absolute Gasteiger partial charge is 0.235 e. The first-order valence-electron chi connectivity index (χ1n) is 13.9. The number of hydrogen-bond donors (Lipinski definition) is 4. The van der Waals surface area contributed by atoms with Crippen molar-refractivity contribution in [3.63, 3.8) is 0 Å². The number of rotatable bonds is 6. The summed E-state index contributed by atoms with van der Waals surface area (Å²) in [6.07, 6.45) is 0.305. The number of amides is 1. The summed E-state index contributed by atoms with van der Waals surface area (Å²) >= 11 is 0. The van der Waals surface area contributed by atoms with Crippen LogP contribution in [0.2, 0.25) is 0 Å². The number of aliphatic hydroxyl groups is 1. The predicted octanol–water partition coefficient (Wildman–Crippen LogP) is 1.13. The zero-order valence-corrected chi connectivity index (χ0v) is 24.3. The topological polar surface area (TPSA) is 167 Å². The second-order valence-electron chi connectivity index (χ2n) is 13.4. The number of aromatic hydroxyl groups is 1. The fourth-order valence-electron chi connectivity index (χ4n) is 6.98. The molecule has 3 aliphatic rings. The van der Waals surface area contributed by atoms with Gasteiger partial charge in [-0.15, -0.1) is 0 Å². The van der Waals surface area contributed by atoms with Gasteiger partial charge in [0, 0.05) is 24.6 Å². The van der Waals surface area contributed by atoms with E-state index in [2.05, 4.69) is 26.1 Å². The van der Waals surface area contributed by atoms with E-state index in [0.717, 1.165) is 5.56 Å². The number of likely N-dealkylation sites (N-methyl/N-ethyl adjacent to an activating group) is 1. The third kappa shape index (κ3) is 4.59. The first-order valence-corrected chi connectivity index (χ1v) is 13.9. The summed E-state index contributed by atoms with van der Waals surface area (Å²) in [4.78, 5) is 68.4. The molecule has 3 aliphatic carbocycles. The quantitative estimate of drug-likeness (QED) is 0.376. The minimum Gasteiger partial charge on any atom is -0.507 e. The SMILES string of the molecule is CC(C)c1cc(CNCC(C)(C)C)c(O)c2c1C[C@H]1C[C@H]3[C@H](N(C)C)C(=O)C(C(N)=O)C(=O)[C@@]3(O)C(=O)C1C2=O. The normalized spacial score (nSPS) is 30.4. The molecule has 0 aromatic heterocycles. The molecule has 0 bridgehead atoms. The average molecular weight is 556 g/mol. The van der Waals surface area contributed by atoms with Gasteiger partial charge < -0.3 is 21.3 Å². The second-order valence-corrected chi connectivity index (χ2v) is 13.4. The van der Waals surface area contributed by atoms with Crippen LogP contribution in [-0.4, -0.2) is 76.4 Å². The highest BCUT2D eigenvalue weighted by Crippen LogP contribution is 2.51. The minimum atomic E-state index is -2.72. The molecule has 0 saturated heterocycles. The molecule has 1 aromatic rings. The van der Waals surface area contributed by atoms with Crippen molar-refractivity contribution in [2.24, 2.45) is 34.8 Å². The first kappa shape index (κ1) is 30.0. The molecule has 6 atom stereocenters. The van der Waals surface area contributed by atoms with Gasteiger partial charge in [0.25, 0.3) is 0 Å². The fraction of sp³-hybridized carbons (Fsp3) is 0.633. The number of carbonyl (C=O) groups excluding carboxylic acids is 5. The summed E-state index contributed by atoms with van der Waals surface area (Å²) < 4.78 is 0. The van der Waals surface area contributed by atoms with Crippen LogP contribution in [0.1, 0.15) is 74.0 Å². The van der Waals surface area contributed by atoms with Gasteiger partial charge in [-0.25, -0.2) is 0 Å². The zero-order valence-electron chi connectivity index (χ0n) is 24.3. The van der Waals surface area contributed by atoms with E-state index in [9.17, 15) is 34.2 Å². The van der Waals surface area contributed by atoms with Crippen LogP contribution in [-0.2, 0) is 32.1 Å². The molecule has 40 heavy (non-hydrogen) atoms. The second kappa shape index (κ2) is 10.2. The third-order valence-electron chi connectivity index (χ3n) is 8.77. The number of phenols is 1. The number of hydrogen-bond acceptors (Lipinski definition) is 9. The maximum Gasteiger partial charge on any atom is 0.235 e. The number of nitrogens with zero attached hydrogens (tertiary/aromatic N) is 1.